The van der Waals surface area contributed by atoms with E-state index in [0.717, 1.165) is 82.9 Å². The molecule has 0 spiro atoms. The van der Waals surface area contributed by atoms with Crippen LogP contribution in [0.15, 0.2) is 34.5 Å². The zero-order chi connectivity index (χ0) is 27.1. The number of aromatic nitrogens is 2. The number of aryl methyl sites for hydroxylation is 2. The average Bonchev–Trinajstić information content (AvgIpc) is 3.41. The molecule has 1 N–H and O–H groups in total. The molecule has 10 heteroatoms. The topological polar surface area (TPSA) is 80.5 Å². The monoisotopic (exact) mass is 586 g/mol. The molecule has 2 bridgehead atoms. The van der Waals surface area contributed by atoms with Crippen molar-refractivity contribution in [3.8, 4) is 5.88 Å². The molecular weight excluding hydrogens is 555 g/mol. The Morgan fingerprint density at radius 2 is 2.08 bits per heavy atom. The number of benzene rings is 1. The number of ether oxygens (including phenoxy) is 1. The minimum absolute atomic E-state index is 0.0791. The van der Waals surface area contributed by atoms with E-state index in [-0.39, 0.29) is 18.0 Å². The molecule has 2 fully saturated rings. The van der Waals surface area contributed by atoms with Gasteiger partial charge in [0.25, 0.3) is 11.8 Å². The first-order valence-corrected chi connectivity index (χ1v) is 15.2. The Balaban J connectivity index is 1.20. The molecule has 6 rings (SSSR count). The van der Waals surface area contributed by atoms with Crippen molar-refractivity contribution < 1.29 is 14.1 Å². The Hall–Kier alpha value is -2.39. The van der Waals surface area contributed by atoms with E-state index in [1.165, 1.54) is 0 Å². The summed E-state index contributed by atoms with van der Waals surface area (Å²) in [6.07, 6.45) is 8.54. The molecule has 1 amide bonds. The molecule has 39 heavy (non-hydrogen) atoms. The predicted molar refractivity (Wildman–Crippen MR) is 153 cm³/mol. The largest absolute Gasteiger partial charge is 0.475 e. The lowest BCUT2D eigenvalue weighted by atomic mass is 9.93. The van der Waals surface area contributed by atoms with E-state index in [9.17, 15) is 4.79 Å². The molecule has 2 atom stereocenters. The highest BCUT2D eigenvalue weighted by molar-refractivity contribution is 7.12. The number of amides is 1. The predicted octanol–water partition coefficient (Wildman–Crippen LogP) is 6.54. The Labute approximate surface area is 242 Å². The van der Waals surface area contributed by atoms with E-state index in [0.29, 0.717) is 35.1 Å². The molecule has 206 valence electrons. The third-order valence-electron chi connectivity index (χ3n) is 7.96. The number of carbonyl (C=O) groups is 1. The fraction of sp³-hybridized carbons (Fsp3) is 0.483. The quantitative estimate of drug-likeness (QED) is 0.272. The second kappa shape index (κ2) is 11.2. The highest BCUT2D eigenvalue weighted by Crippen LogP contribution is 2.42. The molecule has 1 aromatic carbocycles. The van der Waals surface area contributed by atoms with Crippen molar-refractivity contribution in [3.05, 3.63) is 66.8 Å². The van der Waals surface area contributed by atoms with Crippen molar-refractivity contribution in [2.24, 2.45) is 0 Å². The zero-order valence-corrected chi connectivity index (χ0v) is 24.5. The Kier molecular flexibility index (Phi) is 7.73. The number of hydrogen-bond donors (Lipinski definition) is 1. The third-order valence-corrected chi connectivity index (χ3v) is 9.93. The van der Waals surface area contributed by atoms with E-state index < -0.39 is 0 Å². The normalized spacial score (nSPS) is 20.5. The van der Waals surface area contributed by atoms with Crippen molar-refractivity contribution in [1.82, 2.24) is 20.4 Å². The maximum Gasteiger partial charge on any atom is 0.257 e. The van der Waals surface area contributed by atoms with Crippen molar-refractivity contribution >= 4 is 46.0 Å². The minimum Gasteiger partial charge on any atom is -0.475 e. The first-order valence-electron chi connectivity index (χ1n) is 13.6. The molecule has 1 aliphatic carbocycles. The summed E-state index contributed by atoms with van der Waals surface area (Å²) in [5.41, 5.74) is 3.89. The number of hydrogen-bond acceptors (Lipinski definition) is 7. The smallest absolute Gasteiger partial charge is 0.257 e. The van der Waals surface area contributed by atoms with Gasteiger partial charge in [-0.25, -0.2) is 4.98 Å². The number of nitrogens with zero attached hydrogens (tertiary/aromatic N) is 3. The second-order valence-corrected chi connectivity index (χ2v) is 12.6. The third kappa shape index (κ3) is 5.62. The van der Waals surface area contributed by atoms with E-state index >= 15 is 0 Å². The summed E-state index contributed by atoms with van der Waals surface area (Å²) < 4.78 is 11.0. The summed E-state index contributed by atoms with van der Waals surface area (Å²) >= 11 is 14.5. The molecule has 0 unspecified atom stereocenters. The van der Waals surface area contributed by atoms with Crippen molar-refractivity contribution in [2.45, 2.75) is 83.5 Å². The lowest BCUT2D eigenvalue weighted by Gasteiger charge is -2.31. The van der Waals surface area contributed by atoms with Crippen LogP contribution in [-0.4, -0.2) is 45.7 Å². The van der Waals surface area contributed by atoms with Crippen LogP contribution in [0.1, 0.15) is 65.3 Å². The van der Waals surface area contributed by atoms with E-state index in [4.69, 9.17) is 37.4 Å². The van der Waals surface area contributed by atoms with Gasteiger partial charge in [-0.2, -0.15) is 0 Å². The van der Waals surface area contributed by atoms with Crippen LogP contribution in [-0.2, 0) is 17.8 Å². The Bertz CT molecular complexity index is 1410. The van der Waals surface area contributed by atoms with Gasteiger partial charge in [-0.1, -0.05) is 35.3 Å². The number of carbonyl (C=O) groups excluding carboxylic acids is 1. The van der Waals surface area contributed by atoms with Crippen molar-refractivity contribution in [3.63, 3.8) is 0 Å². The molecule has 4 heterocycles. The molecular formula is C29H32Cl2N4O3S. The fourth-order valence-corrected chi connectivity index (χ4v) is 6.94. The van der Waals surface area contributed by atoms with Crippen LogP contribution in [0.25, 0.3) is 5.57 Å². The summed E-state index contributed by atoms with van der Waals surface area (Å²) in [5.74, 6) is 1.45. The van der Waals surface area contributed by atoms with E-state index in [1.54, 1.807) is 17.4 Å². The zero-order valence-electron chi connectivity index (χ0n) is 22.1. The maximum absolute atomic E-state index is 14.2. The average molecular weight is 588 g/mol. The second-order valence-electron chi connectivity index (χ2n) is 10.7. The van der Waals surface area contributed by atoms with Gasteiger partial charge in [0.15, 0.2) is 0 Å². The molecule has 1 saturated carbocycles. The van der Waals surface area contributed by atoms with Gasteiger partial charge in [-0.3, -0.25) is 4.79 Å². The lowest BCUT2D eigenvalue weighted by molar-refractivity contribution is -0.128. The van der Waals surface area contributed by atoms with Crippen LogP contribution in [0.5, 0.6) is 5.88 Å². The summed E-state index contributed by atoms with van der Waals surface area (Å²) in [4.78, 5) is 22.1. The maximum atomic E-state index is 14.2. The summed E-state index contributed by atoms with van der Waals surface area (Å²) in [5, 5.41) is 9.75. The highest BCUT2D eigenvalue weighted by Gasteiger charge is 2.42. The van der Waals surface area contributed by atoms with Gasteiger partial charge in [0, 0.05) is 42.9 Å². The summed E-state index contributed by atoms with van der Waals surface area (Å²) in [6.45, 7) is 4.84. The van der Waals surface area contributed by atoms with Crippen LogP contribution < -0.4 is 10.1 Å². The van der Waals surface area contributed by atoms with Crippen LogP contribution >= 0.6 is 34.5 Å². The van der Waals surface area contributed by atoms with Crippen LogP contribution in [0.3, 0.4) is 0 Å². The number of nitrogens with one attached hydrogen (secondary N) is 1. The Morgan fingerprint density at radius 1 is 1.23 bits per heavy atom. The van der Waals surface area contributed by atoms with Gasteiger partial charge in [0.05, 0.1) is 32.1 Å². The van der Waals surface area contributed by atoms with Gasteiger partial charge in [-0.15, -0.1) is 11.3 Å². The molecule has 3 aromatic rings. The molecule has 0 radical (unpaired) electrons. The SMILES string of the molecule is Cc1onc(OCCCc2ncc(C3=C(C(=O)N(Cc4cccc(Cl)c4Cl)C4CC4)[C@H]4CC[C@@H](C3)N4)s2)c1C. The van der Waals surface area contributed by atoms with E-state index in [1.807, 2.05) is 37.1 Å². The Morgan fingerprint density at radius 3 is 2.85 bits per heavy atom. The number of halogens is 2. The minimum atomic E-state index is 0.0791. The number of thiazole rings is 1. The lowest BCUT2D eigenvalue weighted by Crippen LogP contribution is -2.44. The van der Waals surface area contributed by atoms with Crippen LogP contribution in [0, 0.1) is 13.8 Å². The fourth-order valence-electron chi connectivity index (χ4n) is 5.54. The van der Waals surface area contributed by atoms with Gasteiger partial charge >= 0.3 is 0 Å². The van der Waals surface area contributed by atoms with Crippen molar-refractivity contribution in [2.75, 3.05) is 6.61 Å². The molecule has 1 saturated heterocycles. The van der Waals surface area contributed by atoms with Crippen LogP contribution in [0.2, 0.25) is 10.0 Å². The van der Waals surface area contributed by atoms with Gasteiger partial charge in [0.2, 0.25) is 0 Å². The molecule has 7 nitrogen and oxygen atoms in total. The molecule has 3 aliphatic rings. The first kappa shape index (κ1) is 26.8. The number of rotatable bonds is 10. The molecule has 2 aromatic heterocycles. The summed E-state index contributed by atoms with van der Waals surface area (Å²) in [6, 6.07) is 6.37. The molecule has 2 aliphatic heterocycles. The van der Waals surface area contributed by atoms with E-state index in [2.05, 4.69) is 10.5 Å². The summed E-state index contributed by atoms with van der Waals surface area (Å²) in [7, 11) is 0. The van der Waals surface area contributed by atoms with Crippen LogP contribution in [0.4, 0.5) is 0 Å². The van der Waals surface area contributed by atoms with Crippen molar-refractivity contribution in [1.29, 1.82) is 0 Å². The van der Waals surface area contributed by atoms with Gasteiger partial charge in [0.1, 0.15) is 5.76 Å². The first-order chi connectivity index (χ1) is 18.9. The highest BCUT2D eigenvalue weighted by atomic mass is 35.5. The number of fused-ring (bicyclic) bond motifs is 2. The van der Waals surface area contributed by atoms with Gasteiger partial charge < -0.3 is 19.5 Å². The standard InChI is InChI=1S/C29H32Cl2N4O3S/c1-16-17(2)38-34-28(16)37-12-4-7-25-32-14-24(39-25)21-13-19-8-11-23(33-19)26(21)29(36)35(20-9-10-20)15-18-5-3-6-22(30)27(18)31/h3,5-6,14,19-20,23,33H,4,7-13,15H2,1-2H3/t19-,23+/m0/s1. The van der Waals surface area contributed by atoms with Gasteiger partial charge in [-0.05, 0) is 74.7 Å².